The van der Waals surface area contributed by atoms with Gasteiger partial charge in [-0.05, 0) is 29.5 Å². The lowest BCUT2D eigenvalue weighted by Crippen LogP contribution is -2.45. The molecule has 222 valence electrons. The van der Waals surface area contributed by atoms with Gasteiger partial charge in [-0.3, -0.25) is 9.59 Å². The molecule has 1 N–H and O–H groups in total. The van der Waals surface area contributed by atoms with E-state index >= 15 is 0 Å². The van der Waals surface area contributed by atoms with Crippen LogP contribution in [0.25, 0.3) is 0 Å². The minimum absolute atomic E-state index is 0.0630. The summed E-state index contributed by atoms with van der Waals surface area (Å²) < 4.78 is 6.04. The Bertz CT molecular complexity index is 1610. The highest BCUT2D eigenvalue weighted by Gasteiger charge is 2.45. The molecule has 6 heteroatoms. The standard InChI is InChI=1S/C38H36N2O4/c41-35(29-20-10-3-11-21-29)32-34(38(43)44-36(32)30-22-12-4-13-23-30)40(26-27-16-6-1-7-17-27)33(28-18-8-2-9-19-28)37(42)39-31-24-14-5-15-25-31/h1-4,6-13,16-23,31,33,36H,5,14-15,24-26H2,(H,39,42). The van der Waals surface area contributed by atoms with Crippen LogP contribution in [0.5, 0.6) is 0 Å². The predicted molar refractivity (Wildman–Crippen MR) is 169 cm³/mol. The van der Waals surface area contributed by atoms with Gasteiger partial charge >= 0.3 is 5.97 Å². The minimum atomic E-state index is -0.914. The molecule has 2 unspecified atom stereocenters. The molecule has 1 aliphatic carbocycles. The van der Waals surface area contributed by atoms with E-state index in [0.29, 0.717) is 11.1 Å². The fourth-order valence-electron chi connectivity index (χ4n) is 6.28. The third-order valence-corrected chi connectivity index (χ3v) is 8.43. The van der Waals surface area contributed by atoms with Crippen LogP contribution in [0.15, 0.2) is 133 Å². The van der Waals surface area contributed by atoms with Crippen molar-refractivity contribution in [1.29, 1.82) is 0 Å². The van der Waals surface area contributed by atoms with E-state index in [2.05, 4.69) is 5.32 Å². The van der Waals surface area contributed by atoms with Crippen molar-refractivity contribution < 1.29 is 19.1 Å². The molecule has 4 aromatic carbocycles. The molecule has 2 aliphatic rings. The second kappa shape index (κ2) is 13.6. The maximum atomic E-state index is 14.4. The van der Waals surface area contributed by atoms with E-state index in [1.165, 1.54) is 6.42 Å². The van der Waals surface area contributed by atoms with Crippen molar-refractivity contribution in [2.24, 2.45) is 0 Å². The molecule has 6 rings (SSSR count). The molecule has 1 amide bonds. The number of hydrogen-bond acceptors (Lipinski definition) is 5. The molecule has 4 aromatic rings. The van der Waals surface area contributed by atoms with Gasteiger partial charge in [0.25, 0.3) is 0 Å². The smallest absolute Gasteiger partial charge is 0.356 e. The number of esters is 1. The Morgan fingerprint density at radius 2 is 1.32 bits per heavy atom. The Morgan fingerprint density at radius 3 is 1.95 bits per heavy atom. The molecular formula is C38H36N2O4. The summed E-state index contributed by atoms with van der Waals surface area (Å²) in [7, 11) is 0. The van der Waals surface area contributed by atoms with Gasteiger partial charge in [0, 0.05) is 18.2 Å². The average molecular weight is 585 g/mol. The summed E-state index contributed by atoms with van der Waals surface area (Å²) in [6, 6.07) is 36.6. The maximum absolute atomic E-state index is 14.4. The van der Waals surface area contributed by atoms with Crippen molar-refractivity contribution in [3.8, 4) is 0 Å². The van der Waals surface area contributed by atoms with Gasteiger partial charge in [-0.25, -0.2) is 4.79 Å². The number of Topliss-reactive ketones (excluding diaryl/α,β-unsaturated/α-hetero) is 1. The van der Waals surface area contributed by atoms with Crippen LogP contribution in [0.3, 0.4) is 0 Å². The number of cyclic esters (lactones) is 1. The first-order valence-electron chi connectivity index (χ1n) is 15.4. The fraction of sp³-hybridized carbons (Fsp3) is 0.237. The maximum Gasteiger partial charge on any atom is 0.356 e. The number of ketones is 1. The van der Waals surface area contributed by atoms with Crippen molar-refractivity contribution >= 4 is 17.7 Å². The number of nitrogens with zero attached hydrogens (tertiary/aromatic N) is 1. The topological polar surface area (TPSA) is 75.7 Å². The molecule has 0 radical (unpaired) electrons. The SMILES string of the molecule is O=C1OC(c2ccccc2)C(C(=O)c2ccccc2)=C1N(Cc1ccccc1)C(C(=O)NC1CCCCC1)c1ccccc1. The normalized spacial score (nSPS) is 17.5. The lowest BCUT2D eigenvalue weighted by Gasteiger charge is -2.35. The highest BCUT2D eigenvalue weighted by Crippen LogP contribution is 2.42. The predicted octanol–water partition coefficient (Wildman–Crippen LogP) is 7.11. The minimum Gasteiger partial charge on any atom is -0.448 e. The summed E-state index contributed by atoms with van der Waals surface area (Å²) in [5.74, 6) is -1.13. The Labute approximate surface area is 258 Å². The molecule has 1 fully saturated rings. The van der Waals surface area contributed by atoms with Crippen LogP contribution in [0, 0.1) is 0 Å². The molecule has 0 aromatic heterocycles. The first-order chi connectivity index (χ1) is 21.6. The zero-order valence-corrected chi connectivity index (χ0v) is 24.6. The second-order valence-electron chi connectivity index (χ2n) is 11.4. The van der Waals surface area contributed by atoms with Gasteiger partial charge in [0.1, 0.15) is 11.7 Å². The van der Waals surface area contributed by atoms with Crippen LogP contribution >= 0.6 is 0 Å². The van der Waals surface area contributed by atoms with E-state index < -0.39 is 18.1 Å². The highest BCUT2D eigenvalue weighted by atomic mass is 16.6. The van der Waals surface area contributed by atoms with Crippen molar-refractivity contribution in [3.63, 3.8) is 0 Å². The summed E-state index contributed by atoms with van der Waals surface area (Å²) in [6.07, 6.45) is 4.23. The van der Waals surface area contributed by atoms with Crippen molar-refractivity contribution in [2.75, 3.05) is 0 Å². The zero-order valence-electron chi connectivity index (χ0n) is 24.6. The number of benzene rings is 4. The molecule has 0 saturated heterocycles. The van der Waals surface area contributed by atoms with E-state index in [4.69, 9.17) is 4.74 Å². The molecule has 44 heavy (non-hydrogen) atoms. The number of nitrogens with one attached hydrogen (secondary N) is 1. The number of amides is 1. The Balaban J connectivity index is 1.54. The van der Waals surface area contributed by atoms with Crippen LogP contribution in [0.1, 0.15) is 71.3 Å². The molecule has 2 atom stereocenters. The average Bonchev–Trinajstić information content (AvgIpc) is 3.43. The summed E-state index contributed by atoms with van der Waals surface area (Å²) in [6.45, 7) is 0.218. The van der Waals surface area contributed by atoms with Crippen LogP contribution in [0.2, 0.25) is 0 Å². The highest BCUT2D eigenvalue weighted by molar-refractivity contribution is 6.15. The largest absolute Gasteiger partial charge is 0.448 e. The molecule has 6 nitrogen and oxygen atoms in total. The summed E-state index contributed by atoms with van der Waals surface area (Å²) >= 11 is 0. The van der Waals surface area contributed by atoms with Gasteiger partial charge in [-0.2, -0.15) is 0 Å². The summed E-state index contributed by atoms with van der Waals surface area (Å²) in [5, 5.41) is 3.30. The van der Waals surface area contributed by atoms with Gasteiger partial charge in [-0.15, -0.1) is 0 Å². The lowest BCUT2D eigenvalue weighted by atomic mass is 9.92. The van der Waals surface area contributed by atoms with Crippen molar-refractivity contribution in [1.82, 2.24) is 10.2 Å². The third kappa shape index (κ3) is 6.35. The molecule has 1 heterocycles. The van der Waals surface area contributed by atoms with Crippen molar-refractivity contribution in [2.45, 2.75) is 56.8 Å². The van der Waals surface area contributed by atoms with Crippen LogP contribution in [-0.4, -0.2) is 28.6 Å². The van der Waals surface area contributed by atoms with Gasteiger partial charge in [0.15, 0.2) is 11.9 Å². The first kappa shape index (κ1) is 29.1. The van der Waals surface area contributed by atoms with Gasteiger partial charge < -0.3 is 15.0 Å². The van der Waals surface area contributed by atoms with Gasteiger partial charge in [-0.1, -0.05) is 141 Å². The fourth-order valence-corrected chi connectivity index (χ4v) is 6.28. The molecule has 0 bridgehead atoms. The van der Waals surface area contributed by atoms with E-state index in [1.54, 1.807) is 29.2 Å². The first-order valence-corrected chi connectivity index (χ1v) is 15.4. The van der Waals surface area contributed by atoms with Crippen molar-refractivity contribution in [3.05, 3.63) is 155 Å². The number of carbonyl (C=O) groups is 3. The zero-order chi connectivity index (χ0) is 30.3. The quantitative estimate of drug-likeness (QED) is 0.159. The monoisotopic (exact) mass is 584 g/mol. The number of ether oxygens (including phenoxy) is 1. The lowest BCUT2D eigenvalue weighted by molar-refractivity contribution is -0.142. The molecular weight excluding hydrogens is 548 g/mol. The van der Waals surface area contributed by atoms with Gasteiger partial charge in [0.2, 0.25) is 5.91 Å². The van der Waals surface area contributed by atoms with Gasteiger partial charge in [0.05, 0.1) is 5.57 Å². The number of carbonyl (C=O) groups excluding carboxylic acids is 3. The van der Waals surface area contributed by atoms with Crippen LogP contribution in [-0.2, 0) is 20.9 Å². The number of hydrogen-bond donors (Lipinski definition) is 1. The molecule has 1 saturated carbocycles. The third-order valence-electron chi connectivity index (χ3n) is 8.43. The number of rotatable bonds is 10. The Morgan fingerprint density at radius 1 is 0.750 bits per heavy atom. The summed E-state index contributed by atoms with van der Waals surface area (Å²) in [4.78, 5) is 44.6. The van der Waals surface area contributed by atoms with E-state index in [-0.39, 0.29) is 35.5 Å². The van der Waals surface area contributed by atoms with E-state index in [0.717, 1.165) is 36.8 Å². The molecule has 1 aliphatic heterocycles. The van der Waals surface area contributed by atoms with E-state index in [9.17, 15) is 14.4 Å². The second-order valence-corrected chi connectivity index (χ2v) is 11.4. The Kier molecular flexibility index (Phi) is 8.97. The van der Waals surface area contributed by atoms with Crippen LogP contribution in [0.4, 0.5) is 0 Å². The summed E-state index contributed by atoms with van der Waals surface area (Å²) in [5.41, 5.74) is 3.11. The van der Waals surface area contributed by atoms with Crippen LogP contribution < -0.4 is 5.32 Å². The molecule has 0 spiro atoms. The van der Waals surface area contributed by atoms with E-state index in [1.807, 2.05) is 97.1 Å². The Hall–Kier alpha value is -4.97.